The van der Waals surface area contributed by atoms with Crippen molar-refractivity contribution in [3.8, 4) is 0 Å². The van der Waals surface area contributed by atoms with Crippen molar-refractivity contribution in [2.45, 2.75) is 25.7 Å². The number of nitrogens with one attached hydrogen (secondary N) is 1. The lowest BCUT2D eigenvalue weighted by atomic mass is 9.99. The van der Waals surface area contributed by atoms with Crippen LogP contribution in [-0.2, 0) is 12.8 Å². The Morgan fingerprint density at radius 2 is 2.29 bits per heavy atom. The highest BCUT2D eigenvalue weighted by molar-refractivity contribution is 5.54. The van der Waals surface area contributed by atoms with Gasteiger partial charge in [-0.05, 0) is 42.9 Å². The number of hydrogen-bond donors (Lipinski definition) is 2. The molecule has 2 rings (SSSR count). The summed E-state index contributed by atoms with van der Waals surface area (Å²) in [6.45, 7) is 1.38. The zero-order valence-corrected chi connectivity index (χ0v) is 8.42. The van der Waals surface area contributed by atoms with E-state index in [2.05, 4.69) is 23.5 Å². The van der Waals surface area contributed by atoms with Crippen LogP contribution in [0.1, 0.15) is 24.0 Å². The molecule has 1 aliphatic heterocycles. The second-order valence-electron chi connectivity index (χ2n) is 3.85. The van der Waals surface area contributed by atoms with Gasteiger partial charge in [0.1, 0.15) is 0 Å². The summed E-state index contributed by atoms with van der Waals surface area (Å²) in [4.78, 5) is 0. The third-order valence-electron chi connectivity index (χ3n) is 2.74. The Balaban J connectivity index is 2.12. The molecule has 0 atom stereocenters. The molecule has 1 aromatic carbocycles. The normalized spacial score (nSPS) is 14.6. The molecule has 1 heterocycles. The van der Waals surface area contributed by atoms with E-state index in [1.54, 1.807) is 0 Å². The van der Waals surface area contributed by atoms with E-state index >= 15 is 0 Å². The summed E-state index contributed by atoms with van der Waals surface area (Å²) in [6.07, 6.45) is 4.27. The Morgan fingerprint density at radius 1 is 1.36 bits per heavy atom. The zero-order chi connectivity index (χ0) is 9.80. The number of fused-ring (bicyclic) bond motifs is 1. The van der Waals surface area contributed by atoms with Gasteiger partial charge in [0, 0.05) is 18.8 Å². The van der Waals surface area contributed by atoms with Gasteiger partial charge < -0.3 is 10.4 Å². The summed E-state index contributed by atoms with van der Waals surface area (Å²) in [5.74, 6) is 0. The van der Waals surface area contributed by atoms with E-state index in [1.165, 1.54) is 29.7 Å². The first kappa shape index (κ1) is 9.53. The number of aryl methyl sites for hydroxylation is 2. The average molecular weight is 191 g/mol. The van der Waals surface area contributed by atoms with Gasteiger partial charge in [-0.2, -0.15) is 0 Å². The fraction of sp³-hybridized carbons (Fsp3) is 0.500. The van der Waals surface area contributed by atoms with E-state index in [-0.39, 0.29) is 6.61 Å². The molecule has 0 fully saturated rings. The van der Waals surface area contributed by atoms with Crippen molar-refractivity contribution in [3.05, 3.63) is 29.3 Å². The molecule has 0 unspecified atom stereocenters. The lowest BCUT2D eigenvalue weighted by Crippen LogP contribution is -2.11. The maximum atomic E-state index is 8.75. The number of rotatable bonds is 3. The van der Waals surface area contributed by atoms with Crippen LogP contribution >= 0.6 is 0 Å². The number of aliphatic hydroxyl groups is 1. The van der Waals surface area contributed by atoms with Gasteiger partial charge in [0.05, 0.1) is 0 Å². The molecule has 2 nitrogen and oxygen atoms in total. The highest BCUT2D eigenvalue weighted by Gasteiger charge is 2.07. The van der Waals surface area contributed by atoms with Gasteiger partial charge in [-0.15, -0.1) is 0 Å². The van der Waals surface area contributed by atoms with Crippen molar-refractivity contribution < 1.29 is 5.11 Å². The zero-order valence-electron chi connectivity index (χ0n) is 8.42. The summed E-state index contributed by atoms with van der Waals surface area (Å²) in [5, 5.41) is 12.2. The van der Waals surface area contributed by atoms with Crippen LogP contribution in [0.4, 0.5) is 5.69 Å². The molecule has 0 saturated carbocycles. The molecule has 1 aromatic rings. The van der Waals surface area contributed by atoms with Crippen LogP contribution in [0.2, 0.25) is 0 Å². The predicted octanol–water partition coefficient (Wildman–Crippen LogP) is 1.97. The molecule has 0 aliphatic carbocycles. The van der Waals surface area contributed by atoms with Crippen molar-refractivity contribution >= 4 is 5.69 Å². The largest absolute Gasteiger partial charge is 0.396 e. The maximum Gasteiger partial charge on any atom is 0.0434 e. The second-order valence-corrected chi connectivity index (χ2v) is 3.85. The summed E-state index contributed by atoms with van der Waals surface area (Å²) in [7, 11) is 0. The number of hydrogen-bond acceptors (Lipinski definition) is 2. The Morgan fingerprint density at radius 3 is 3.14 bits per heavy atom. The van der Waals surface area contributed by atoms with Gasteiger partial charge in [0.2, 0.25) is 0 Å². The molecular formula is C12H17NO. The van der Waals surface area contributed by atoms with E-state index in [0.29, 0.717) is 0 Å². The van der Waals surface area contributed by atoms with Gasteiger partial charge in [-0.3, -0.25) is 0 Å². The smallest absolute Gasteiger partial charge is 0.0434 e. The van der Waals surface area contributed by atoms with E-state index in [4.69, 9.17) is 5.11 Å². The topological polar surface area (TPSA) is 32.3 Å². The Labute approximate surface area is 85.0 Å². The molecule has 0 saturated heterocycles. The summed E-state index contributed by atoms with van der Waals surface area (Å²) >= 11 is 0. The molecule has 0 aromatic heterocycles. The van der Waals surface area contributed by atoms with Gasteiger partial charge in [0.25, 0.3) is 0 Å². The van der Waals surface area contributed by atoms with E-state index in [0.717, 1.165) is 19.4 Å². The van der Waals surface area contributed by atoms with E-state index < -0.39 is 0 Å². The van der Waals surface area contributed by atoms with Gasteiger partial charge in [0.15, 0.2) is 0 Å². The minimum Gasteiger partial charge on any atom is -0.396 e. The SMILES string of the molecule is OCCCc1ccc2c(c1)NCCC2. The molecule has 0 radical (unpaired) electrons. The third kappa shape index (κ3) is 2.07. The second kappa shape index (κ2) is 4.47. The van der Waals surface area contributed by atoms with Gasteiger partial charge in [-0.1, -0.05) is 12.1 Å². The number of benzene rings is 1. The lowest BCUT2D eigenvalue weighted by Gasteiger charge is -2.18. The van der Waals surface area contributed by atoms with Crippen molar-refractivity contribution in [3.63, 3.8) is 0 Å². The Hall–Kier alpha value is -1.02. The standard InChI is InChI=1S/C12H17NO/c14-8-2-3-10-5-6-11-4-1-7-13-12(11)9-10/h5-6,9,13-14H,1-4,7-8H2. The maximum absolute atomic E-state index is 8.75. The minimum atomic E-state index is 0.282. The first-order valence-electron chi connectivity index (χ1n) is 5.36. The van der Waals surface area contributed by atoms with Crippen molar-refractivity contribution in [2.75, 3.05) is 18.5 Å². The van der Waals surface area contributed by atoms with Gasteiger partial charge >= 0.3 is 0 Å². The minimum absolute atomic E-state index is 0.282. The molecule has 14 heavy (non-hydrogen) atoms. The fourth-order valence-corrected chi connectivity index (χ4v) is 1.95. The van der Waals surface area contributed by atoms with Crippen molar-refractivity contribution in [2.24, 2.45) is 0 Å². The van der Waals surface area contributed by atoms with Gasteiger partial charge in [-0.25, -0.2) is 0 Å². The quantitative estimate of drug-likeness (QED) is 0.765. The van der Waals surface area contributed by atoms with E-state index in [9.17, 15) is 0 Å². The summed E-state index contributed by atoms with van der Waals surface area (Å²) in [5.41, 5.74) is 4.06. The Kier molecular flexibility index (Phi) is 3.04. The van der Waals surface area contributed by atoms with Crippen LogP contribution < -0.4 is 5.32 Å². The van der Waals surface area contributed by atoms with E-state index in [1.807, 2.05) is 0 Å². The highest BCUT2D eigenvalue weighted by Crippen LogP contribution is 2.23. The molecule has 1 aliphatic rings. The number of aliphatic hydroxyl groups excluding tert-OH is 1. The average Bonchev–Trinajstić information content (AvgIpc) is 2.26. The van der Waals surface area contributed by atoms with Crippen molar-refractivity contribution in [1.29, 1.82) is 0 Å². The lowest BCUT2D eigenvalue weighted by molar-refractivity contribution is 0.288. The van der Waals surface area contributed by atoms with Crippen LogP contribution in [0.25, 0.3) is 0 Å². The molecule has 2 heteroatoms. The predicted molar refractivity (Wildman–Crippen MR) is 58.7 cm³/mol. The van der Waals surface area contributed by atoms with Crippen LogP contribution in [0, 0.1) is 0 Å². The molecule has 0 bridgehead atoms. The third-order valence-corrected chi connectivity index (χ3v) is 2.74. The number of anilines is 1. The van der Waals surface area contributed by atoms with Crippen LogP contribution in [0.5, 0.6) is 0 Å². The first-order valence-corrected chi connectivity index (χ1v) is 5.36. The monoisotopic (exact) mass is 191 g/mol. The van der Waals surface area contributed by atoms with Crippen LogP contribution in [-0.4, -0.2) is 18.3 Å². The molecule has 0 amide bonds. The van der Waals surface area contributed by atoms with Crippen LogP contribution in [0.3, 0.4) is 0 Å². The first-order chi connectivity index (χ1) is 6.90. The van der Waals surface area contributed by atoms with Crippen molar-refractivity contribution in [1.82, 2.24) is 0 Å². The fourth-order valence-electron chi connectivity index (χ4n) is 1.95. The molecule has 2 N–H and O–H groups in total. The summed E-state index contributed by atoms with van der Waals surface area (Å²) in [6, 6.07) is 6.62. The molecule has 76 valence electrons. The summed E-state index contributed by atoms with van der Waals surface area (Å²) < 4.78 is 0. The molecular weight excluding hydrogens is 174 g/mol. The molecule has 0 spiro atoms. The van der Waals surface area contributed by atoms with Crippen LogP contribution in [0.15, 0.2) is 18.2 Å². The Bertz CT molecular complexity index is 309. The highest BCUT2D eigenvalue weighted by atomic mass is 16.2.